The largest absolute Gasteiger partial charge is 0.379 e. The van der Waals surface area contributed by atoms with Crippen LogP contribution in [0.5, 0.6) is 0 Å². The normalized spacial score (nSPS) is 14.4. The van der Waals surface area contributed by atoms with Crippen LogP contribution in [0.2, 0.25) is 10.0 Å². The molecule has 0 radical (unpaired) electrons. The summed E-state index contributed by atoms with van der Waals surface area (Å²) < 4.78 is 11.9. The summed E-state index contributed by atoms with van der Waals surface area (Å²) in [5.41, 5.74) is 3.18. The Bertz CT molecular complexity index is 1400. The minimum absolute atomic E-state index is 0.214. The van der Waals surface area contributed by atoms with Crippen molar-refractivity contribution in [3.63, 3.8) is 0 Å². The van der Waals surface area contributed by atoms with Crippen molar-refractivity contribution in [2.75, 3.05) is 44.3 Å². The zero-order valence-corrected chi connectivity index (χ0v) is 22.4. The van der Waals surface area contributed by atoms with Gasteiger partial charge in [0.05, 0.1) is 28.5 Å². The molecule has 10 heteroatoms. The topological polar surface area (TPSA) is 71.7 Å². The maximum atomic E-state index is 14.1. The van der Waals surface area contributed by atoms with E-state index in [0.717, 1.165) is 55.0 Å². The molecule has 2 aromatic heterocycles. The molecule has 188 valence electrons. The maximum Gasteiger partial charge on any atom is 0.265 e. The number of aryl methyl sites for hydroxylation is 2. The molecule has 0 aliphatic carbocycles. The molecule has 3 heterocycles. The first kappa shape index (κ1) is 25.2. The highest BCUT2D eigenvalue weighted by atomic mass is 35.5. The van der Waals surface area contributed by atoms with Crippen LogP contribution in [0.1, 0.15) is 28.1 Å². The fourth-order valence-corrected chi connectivity index (χ4v) is 5.79. The summed E-state index contributed by atoms with van der Waals surface area (Å²) in [7, 11) is 0. The summed E-state index contributed by atoms with van der Waals surface area (Å²) in [4.78, 5) is 23.1. The Kier molecular flexibility index (Phi) is 7.60. The van der Waals surface area contributed by atoms with E-state index in [1.165, 1.54) is 11.3 Å². The lowest BCUT2D eigenvalue weighted by molar-refractivity contribution is 0.0376. The van der Waals surface area contributed by atoms with E-state index in [1.807, 2.05) is 37.3 Å². The molecule has 0 saturated carbocycles. The predicted octanol–water partition coefficient (Wildman–Crippen LogP) is 6.24. The average Bonchev–Trinajstić information content (AvgIpc) is 3.49. The lowest BCUT2D eigenvalue weighted by atomic mass is 10.0. The Hall–Kier alpha value is -2.49. The van der Waals surface area contributed by atoms with Crippen molar-refractivity contribution < 1.29 is 14.1 Å². The molecule has 36 heavy (non-hydrogen) atoms. The number of nitrogens with zero attached hydrogens (tertiary/aromatic N) is 4. The van der Waals surface area contributed by atoms with Gasteiger partial charge in [-0.1, -0.05) is 57.9 Å². The number of aromatic nitrogens is 2. The second-order valence-electron chi connectivity index (χ2n) is 8.72. The van der Waals surface area contributed by atoms with Crippen LogP contribution in [-0.4, -0.2) is 60.3 Å². The molecule has 0 unspecified atom stereocenters. The summed E-state index contributed by atoms with van der Waals surface area (Å²) >= 11 is 14.3. The van der Waals surface area contributed by atoms with Gasteiger partial charge >= 0.3 is 0 Å². The Balaban J connectivity index is 1.51. The van der Waals surface area contributed by atoms with Crippen LogP contribution in [0.4, 0.5) is 5.13 Å². The number of hydrogen-bond acceptors (Lipinski definition) is 7. The van der Waals surface area contributed by atoms with Crippen molar-refractivity contribution in [1.29, 1.82) is 0 Å². The number of fused-ring (bicyclic) bond motifs is 1. The number of rotatable bonds is 7. The fourth-order valence-electron chi connectivity index (χ4n) is 4.36. The molecule has 1 fully saturated rings. The summed E-state index contributed by atoms with van der Waals surface area (Å²) in [5, 5.41) is 5.98. The first-order valence-corrected chi connectivity index (χ1v) is 13.4. The number of hydrogen-bond donors (Lipinski definition) is 0. The number of morpholine rings is 1. The van der Waals surface area contributed by atoms with Crippen LogP contribution in [0.15, 0.2) is 40.9 Å². The number of benzene rings is 2. The van der Waals surface area contributed by atoms with Gasteiger partial charge in [-0.3, -0.25) is 14.6 Å². The first-order chi connectivity index (χ1) is 17.4. The van der Waals surface area contributed by atoms with Crippen LogP contribution in [0, 0.1) is 13.8 Å². The van der Waals surface area contributed by atoms with Crippen molar-refractivity contribution in [1.82, 2.24) is 15.0 Å². The predicted molar refractivity (Wildman–Crippen MR) is 145 cm³/mol. The van der Waals surface area contributed by atoms with Crippen molar-refractivity contribution in [3.05, 3.63) is 63.3 Å². The summed E-state index contributed by atoms with van der Waals surface area (Å²) in [6.45, 7) is 8.32. The zero-order chi connectivity index (χ0) is 25.2. The van der Waals surface area contributed by atoms with E-state index in [-0.39, 0.29) is 5.91 Å². The molecule has 1 aliphatic heterocycles. The second kappa shape index (κ2) is 10.9. The van der Waals surface area contributed by atoms with Gasteiger partial charge in [0.2, 0.25) is 0 Å². The molecule has 5 rings (SSSR count). The van der Waals surface area contributed by atoms with Gasteiger partial charge in [-0.15, -0.1) is 0 Å². The van der Waals surface area contributed by atoms with Crippen LogP contribution in [0.25, 0.3) is 21.5 Å². The molecule has 0 atom stereocenters. The van der Waals surface area contributed by atoms with E-state index in [4.69, 9.17) is 37.4 Å². The number of halogens is 2. The molecule has 0 bridgehead atoms. The standard InChI is InChI=1S/C26H26Cl2N4O3S/c1-16-19(27)8-9-21-23(16)29-26(36-21)32(11-5-10-31-12-14-34-15-13-31)25(33)22-17(2)35-30-24(22)18-6-3-4-7-20(18)28/h3-4,6-9H,5,10-15H2,1-2H3. The van der Waals surface area contributed by atoms with E-state index >= 15 is 0 Å². The van der Waals surface area contributed by atoms with Gasteiger partial charge < -0.3 is 9.26 Å². The highest BCUT2D eigenvalue weighted by Gasteiger charge is 2.30. The van der Waals surface area contributed by atoms with Gasteiger partial charge in [-0.05, 0) is 44.0 Å². The average molecular weight is 545 g/mol. The number of amides is 1. The third-order valence-electron chi connectivity index (χ3n) is 6.38. The van der Waals surface area contributed by atoms with E-state index in [1.54, 1.807) is 17.9 Å². The van der Waals surface area contributed by atoms with Gasteiger partial charge in [-0.25, -0.2) is 4.98 Å². The van der Waals surface area contributed by atoms with E-state index in [0.29, 0.717) is 44.3 Å². The monoisotopic (exact) mass is 544 g/mol. The van der Waals surface area contributed by atoms with Crippen LogP contribution in [-0.2, 0) is 4.74 Å². The molecule has 1 saturated heterocycles. The lowest BCUT2D eigenvalue weighted by Crippen LogP contribution is -2.39. The number of carbonyl (C=O) groups is 1. The van der Waals surface area contributed by atoms with E-state index in [2.05, 4.69) is 10.1 Å². The minimum atomic E-state index is -0.214. The highest BCUT2D eigenvalue weighted by Crippen LogP contribution is 2.36. The first-order valence-electron chi connectivity index (χ1n) is 11.8. The number of carbonyl (C=O) groups excluding carboxylic acids is 1. The van der Waals surface area contributed by atoms with Gasteiger partial charge in [0, 0.05) is 36.8 Å². The Morgan fingerprint density at radius 3 is 2.67 bits per heavy atom. The van der Waals surface area contributed by atoms with Crippen molar-refractivity contribution in [2.45, 2.75) is 20.3 Å². The summed E-state index contributed by atoms with van der Waals surface area (Å²) in [6.07, 6.45) is 0.785. The van der Waals surface area contributed by atoms with Crippen LogP contribution < -0.4 is 4.90 Å². The fraction of sp³-hybridized carbons (Fsp3) is 0.346. The molecule has 4 aromatic rings. The Morgan fingerprint density at radius 2 is 1.89 bits per heavy atom. The van der Waals surface area contributed by atoms with Crippen LogP contribution in [0.3, 0.4) is 0 Å². The molecular formula is C26H26Cl2N4O3S. The Morgan fingerprint density at radius 1 is 1.11 bits per heavy atom. The SMILES string of the molecule is Cc1onc(-c2ccccc2Cl)c1C(=O)N(CCCN1CCOCC1)c1nc2c(C)c(Cl)ccc2s1. The number of ether oxygens (including phenoxy) is 1. The number of thiazole rings is 1. The lowest BCUT2D eigenvalue weighted by Gasteiger charge is -2.27. The molecule has 7 nitrogen and oxygen atoms in total. The third kappa shape index (κ3) is 5.01. The number of anilines is 1. The van der Waals surface area contributed by atoms with Gasteiger partial charge in [-0.2, -0.15) is 0 Å². The van der Waals surface area contributed by atoms with Gasteiger partial charge in [0.1, 0.15) is 17.0 Å². The van der Waals surface area contributed by atoms with Crippen molar-refractivity contribution in [2.24, 2.45) is 0 Å². The van der Waals surface area contributed by atoms with Crippen molar-refractivity contribution in [3.8, 4) is 11.3 Å². The van der Waals surface area contributed by atoms with Crippen LogP contribution >= 0.6 is 34.5 Å². The molecule has 2 aromatic carbocycles. The molecule has 0 spiro atoms. The maximum absolute atomic E-state index is 14.1. The molecular weight excluding hydrogens is 519 g/mol. The van der Waals surface area contributed by atoms with E-state index in [9.17, 15) is 4.79 Å². The van der Waals surface area contributed by atoms with E-state index < -0.39 is 0 Å². The minimum Gasteiger partial charge on any atom is -0.379 e. The molecule has 1 amide bonds. The summed E-state index contributed by atoms with van der Waals surface area (Å²) in [5.74, 6) is 0.224. The highest BCUT2D eigenvalue weighted by molar-refractivity contribution is 7.22. The zero-order valence-electron chi connectivity index (χ0n) is 20.1. The molecule has 1 aliphatic rings. The molecule has 0 N–H and O–H groups in total. The smallest absolute Gasteiger partial charge is 0.265 e. The van der Waals surface area contributed by atoms with Gasteiger partial charge in [0.15, 0.2) is 5.13 Å². The quantitative estimate of drug-likeness (QED) is 0.274. The van der Waals surface area contributed by atoms with Crippen molar-refractivity contribution >= 4 is 55.8 Å². The Labute approximate surface area is 223 Å². The van der Waals surface area contributed by atoms with Gasteiger partial charge in [0.25, 0.3) is 5.91 Å². The summed E-state index contributed by atoms with van der Waals surface area (Å²) in [6, 6.07) is 11.1. The third-order valence-corrected chi connectivity index (χ3v) is 8.16. The second-order valence-corrected chi connectivity index (χ2v) is 10.5.